The molecule has 0 radical (unpaired) electrons. The Morgan fingerprint density at radius 3 is 2.47 bits per heavy atom. The van der Waals surface area contributed by atoms with E-state index in [4.69, 9.17) is 9.47 Å². The minimum Gasteiger partial charge on any atom is -0.508 e. The molecule has 0 aromatic heterocycles. The van der Waals surface area contributed by atoms with Gasteiger partial charge in [-0.2, -0.15) is 0 Å². The summed E-state index contributed by atoms with van der Waals surface area (Å²) in [6.07, 6.45) is 2.60. The van der Waals surface area contributed by atoms with Crippen molar-refractivity contribution in [1.82, 2.24) is 4.90 Å². The van der Waals surface area contributed by atoms with Gasteiger partial charge in [-0.05, 0) is 62.2 Å². The third-order valence-electron chi connectivity index (χ3n) is 6.88. The van der Waals surface area contributed by atoms with Crippen molar-refractivity contribution in [2.45, 2.75) is 37.6 Å². The summed E-state index contributed by atoms with van der Waals surface area (Å²) in [6.45, 7) is 5.91. The normalized spacial score (nSPS) is 21.5. The molecule has 2 aliphatic heterocycles. The Labute approximate surface area is 190 Å². The minimum atomic E-state index is 0.152. The van der Waals surface area contributed by atoms with E-state index < -0.39 is 0 Å². The molecule has 0 aliphatic carbocycles. The zero-order valence-electron chi connectivity index (χ0n) is 18.6. The van der Waals surface area contributed by atoms with Crippen molar-refractivity contribution in [3.63, 3.8) is 0 Å². The van der Waals surface area contributed by atoms with Crippen molar-refractivity contribution in [3.05, 3.63) is 89.5 Å². The van der Waals surface area contributed by atoms with Crippen LogP contribution in [0.15, 0.2) is 72.8 Å². The van der Waals surface area contributed by atoms with Crippen LogP contribution in [0.25, 0.3) is 0 Å². The molecule has 1 fully saturated rings. The summed E-state index contributed by atoms with van der Waals surface area (Å²) < 4.78 is 12.2. The Morgan fingerprint density at radius 2 is 1.72 bits per heavy atom. The van der Waals surface area contributed by atoms with Gasteiger partial charge in [0, 0.05) is 29.5 Å². The summed E-state index contributed by atoms with van der Waals surface area (Å²) in [5, 5.41) is 9.95. The van der Waals surface area contributed by atoms with Crippen LogP contribution in [0, 0.1) is 0 Å². The van der Waals surface area contributed by atoms with E-state index in [1.54, 1.807) is 12.1 Å². The summed E-state index contributed by atoms with van der Waals surface area (Å²) >= 11 is 0. The molecule has 4 heteroatoms. The van der Waals surface area contributed by atoms with E-state index in [-0.39, 0.29) is 17.6 Å². The van der Waals surface area contributed by atoms with Crippen LogP contribution in [-0.2, 0) is 0 Å². The molecule has 1 N–H and O–H groups in total. The van der Waals surface area contributed by atoms with Gasteiger partial charge in [0.15, 0.2) is 0 Å². The Hall–Kier alpha value is -2.98. The topological polar surface area (TPSA) is 41.9 Å². The molecule has 0 saturated carbocycles. The summed E-state index contributed by atoms with van der Waals surface area (Å²) in [7, 11) is 0. The summed E-state index contributed by atoms with van der Waals surface area (Å²) in [6, 6.07) is 25.0. The number of hydrogen-bond donors (Lipinski definition) is 1. The quantitative estimate of drug-likeness (QED) is 0.557. The molecule has 1 unspecified atom stereocenters. The van der Waals surface area contributed by atoms with Crippen LogP contribution < -0.4 is 9.47 Å². The van der Waals surface area contributed by atoms with Gasteiger partial charge < -0.3 is 14.6 Å². The first kappa shape index (κ1) is 20.9. The maximum absolute atomic E-state index is 9.95. The zero-order valence-corrected chi connectivity index (χ0v) is 18.6. The van der Waals surface area contributed by atoms with Crippen molar-refractivity contribution in [2.24, 2.45) is 0 Å². The summed E-state index contributed by atoms with van der Waals surface area (Å²) in [4.78, 5) is 2.51. The number of phenolic OH excluding ortho intramolecular Hbond substituents is 1. The van der Waals surface area contributed by atoms with Gasteiger partial charge in [0.2, 0.25) is 0 Å². The van der Waals surface area contributed by atoms with E-state index in [0.717, 1.165) is 17.1 Å². The first-order valence-electron chi connectivity index (χ1n) is 11.7. The van der Waals surface area contributed by atoms with Crippen LogP contribution in [-0.4, -0.2) is 42.4 Å². The number of phenols is 1. The van der Waals surface area contributed by atoms with E-state index in [2.05, 4.69) is 60.4 Å². The highest BCUT2D eigenvalue weighted by molar-refractivity contribution is 5.50. The molecule has 3 aromatic carbocycles. The summed E-state index contributed by atoms with van der Waals surface area (Å²) in [5.41, 5.74) is 3.60. The third-order valence-corrected chi connectivity index (χ3v) is 6.88. The average Bonchev–Trinajstić information content (AvgIpc) is 3.38. The summed E-state index contributed by atoms with van der Waals surface area (Å²) in [5.74, 6) is 2.27. The fourth-order valence-electron chi connectivity index (χ4n) is 5.07. The van der Waals surface area contributed by atoms with Gasteiger partial charge in [0.25, 0.3) is 0 Å². The maximum Gasteiger partial charge on any atom is 0.126 e. The second kappa shape index (κ2) is 9.25. The van der Waals surface area contributed by atoms with E-state index in [9.17, 15) is 5.11 Å². The molecule has 0 bridgehead atoms. The average molecular weight is 430 g/mol. The number of nitrogens with zero attached hydrogens (tertiary/aromatic N) is 1. The lowest BCUT2D eigenvalue weighted by Gasteiger charge is -2.34. The van der Waals surface area contributed by atoms with Crippen LogP contribution in [0.4, 0.5) is 0 Å². The van der Waals surface area contributed by atoms with Crippen molar-refractivity contribution < 1.29 is 14.6 Å². The predicted octanol–water partition coefficient (Wildman–Crippen LogP) is 5.56. The molecular weight excluding hydrogens is 398 g/mol. The molecule has 4 nitrogen and oxygen atoms in total. The molecule has 2 heterocycles. The van der Waals surface area contributed by atoms with Crippen molar-refractivity contribution in [1.29, 1.82) is 0 Å². The van der Waals surface area contributed by atoms with E-state index in [1.165, 1.54) is 37.1 Å². The van der Waals surface area contributed by atoms with Gasteiger partial charge in [0.05, 0.1) is 6.61 Å². The molecule has 1 saturated heterocycles. The van der Waals surface area contributed by atoms with Gasteiger partial charge in [0.1, 0.15) is 23.9 Å². The van der Waals surface area contributed by atoms with Gasteiger partial charge in [-0.1, -0.05) is 48.5 Å². The highest BCUT2D eigenvalue weighted by atomic mass is 16.5. The van der Waals surface area contributed by atoms with Crippen LogP contribution in [0.5, 0.6) is 17.2 Å². The van der Waals surface area contributed by atoms with Crippen LogP contribution >= 0.6 is 0 Å². The lowest BCUT2D eigenvalue weighted by atomic mass is 9.76. The van der Waals surface area contributed by atoms with Crippen molar-refractivity contribution in [3.8, 4) is 17.2 Å². The Kier molecular flexibility index (Phi) is 6.04. The molecule has 3 atom stereocenters. The molecule has 0 spiro atoms. The van der Waals surface area contributed by atoms with Crippen molar-refractivity contribution >= 4 is 0 Å². The molecule has 32 heavy (non-hydrogen) atoms. The Balaban J connectivity index is 1.39. The molecule has 3 aromatic rings. The maximum atomic E-state index is 9.95. The van der Waals surface area contributed by atoms with E-state index in [1.807, 2.05) is 12.1 Å². The fourth-order valence-corrected chi connectivity index (χ4v) is 5.07. The monoisotopic (exact) mass is 429 g/mol. The van der Waals surface area contributed by atoms with Gasteiger partial charge in [-0.25, -0.2) is 0 Å². The van der Waals surface area contributed by atoms with Crippen LogP contribution in [0.3, 0.4) is 0 Å². The third kappa shape index (κ3) is 4.33. The fraction of sp³-hybridized carbons (Fsp3) is 0.357. The SMILES string of the molecule is CC(COc1ccc([C@@H]2c3ccc(O)cc3OC[C@@H]2c2ccccc2)cc1)N1CCCC1. The van der Waals surface area contributed by atoms with Crippen LogP contribution in [0.2, 0.25) is 0 Å². The first-order valence-corrected chi connectivity index (χ1v) is 11.7. The molecule has 166 valence electrons. The van der Waals surface area contributed by atoms with Gasteiger partial charge >= 0.3 is 0 Å². The number of benzene rings is 3. The minimum absolute atomic E-state index is 0.152. The van der Waals surface area contributed by atoms with E-state index >= 15 is 0 Å². The number of rotatable bonds is 6. The van der Waals surface area contributed by atoms with Crippen LogP contribution in [0.1, 0.15) is 48.3 Å². The molecule has 0 amide bonds. The Morgan fingerprint density at radius 1 is 0.969 bits per heavy atom. The van der Waals surface area contributed by atoms with Crippen molar-refractivity contribution in [2.75, 3.05) is 26.3 Å². The largest absolute Gasteiger partial charge is 0.508 e. The number of hydrogen-bond acceptors (Lipinski definition) is 4. The first-order chi connectivity index (χ1) is 15.7. The second-order valence-electron chi connectivity index (χ2n) is 9.00. The highest BCUT2D eigenvalue weighted by Crippen LogP contribution is 2.47. The second-order valence-corrected chi connectivity index (χ2v) is 9.00. The smallest absolute Gasteiger partial charge is 0.126 e. The molecule has 5 rings (SSSR count). The van der Waals surface area contributed by atoms with E-state index in [0.29, 0.717) is 19.3 Å². The number of likely N-dealkylation sites (tertiary alicyclic amines) is 1. The molecular formula is C28H31NO3. The van der Waals surface area contributed by atoms with Gasteiger partial charge in [-0.15, -0.1) is 0 Å². The Bertz CT molecular complexity index is 1030. The standard InChI is InChI=1S/C28H31NO3/c1-20(29-15-5-6-16-29)18-31-24-12-9-22(10-13-24)28-25-14-11-23(30)17-27(25)32-19-26(28)21-7-3-2-4-8-21/h2-4,7-14,17,20,26,28,30H,5-6,15-16,18-19H2,1H3/t20?,26-,28-/m1/s1. The highest BCUT2D eigenvalue weighted by Gasteiger charge is 2.33. The lowest BCUT2D eigenvalue weighted by Crippen LogP contribution is -2.34. The lowest BCUT2D eigenvalue weighted by molar-refractivity contribution is 0.172. The molecule has 2 aliphatic rings. The number of aromatic hydroxyl groups is 1. The zero-order chi connectivity index (χ0) is 21.9. The number of fused-ring (bicyclic) bond motifs is 1. The predicted molar refractivity (Wildman–Crippen MR) is 127 cm³/mol. The van der Waals surface area contributed by atoms with Gasteiger partial charge in [-0.3, -0.25) is 4.90 Å². The number of ether oxygens (including phenoxy) is 2.